The van der Waals surface area contributed by atoms with Gasteiger partial charge in [0.1, 0.15) is 0 Å². The van der Waals surface area contributed by atoms with Crippen LogP contribution in [-0.2, 0) is 4.79 Å². The van der Waals surface area contributed by atoms with E-state index in [1.54, 1.807) is 12.2 Å². The summed E-state index contributed by atoms with van der Waals surface area (Å²) in [6.07, 6.45) is 21.6. The molecule has 0 aliphatic heterocycles. The average Bonchev–Trinajstić information content (AvgIpc) is 2.57. The molecule has 4 nitrogen and oxygen atoms in total. The number of hydrogen-bond donors (Lipinski definition) is 3. The minimum absolute atomic E-state index is 0.228. The summed E-state index contributed by atoms with van der Waals surface area (Å²) in [4.78, 5) is 10.3. The molecule has 2 unspecified atom stereocenters. The Bertz CT molecular complexity index is 458. The van der Waals surface area contributed by atoms with Gasteiger partial charge in [0.15, 0.2) is 0 Å². The molecule has 3 N–H and O–H groups in total. The van der Waals surface area contributed by atoms with Crippen molar-refractivity contribution in [2.45, 2.75) is 57.7 Å². The number of aliphatic hydroxyl groups is 2. The lowest BCUT2D eigenvalue weighted by atomic mass is 10.1. The molecular weight excluding hydrogens is 304 g/mol. The quantitative estimate of drug-likeness (QED) is 0.271. The van der Waals surface area contributed by atoms with Gasteiger partial charge in [0.05, 0.1) is 12.2 Å². The van der Waals surface area contributed by atoms with Gasteiger partial charge in [0.25, 0.3) is 0 Å². The van der Waals surface area contributed by atoms with E-state index in [0.29, 0.717) is 12.8 Å². The Morgan fingerprint density at radius 3 is 2.21 bits per heavy atom. The van der Waals surface area contributed by atoms with E-state index in [1.165, 1.54) is 0 Å². The first-order valence-electron chi connectivity index (χ1n) is 8.45. The normalized spacial score (nSPS) is 15.5. The Hall–Kier alpha value is -1.91. The summed E-state index contributed by atoms with van der Waals surface area (Å²) < 4.78 is 0. The topological polar surface area (TPSA) is 77.8 Å². The number of aliphatic carboxylic acids is 1. The van der Waals surface area contributed by atoms with E-state index in [2.05, 4.69) is 12.2 Å². The predicted octanol–water partition coefficient (Wildman–Crippen LogP) is 3.93. The summed E-state index contributed by atoms with van der Waals surface area (Å²) >= 11 is 0. The van der Waals surface area contributed by atoms with Crippen LogP contribution in [0.1, 0.15) is 45.4 Å². The molecule has 0 bridgehead atoms. The summed E-state index contributed by atoms with van der Waals surface area (Å²) in [6, 6.07) is 0. The van der Waals surface area contributed by atoms with Crippen molar-refractivity contribution in [2.75, 3.05) is 0 Å². The Balaban J connectivity index is 3.70. The highest BCUT2D eigenvalue weighted by molar-refractivity contribution is 5.66. The zero-order valence-electron chi connectivity index (χ0n) is 14.4. The summed E-state index contributed by atoms with van der Waals surface area (Å²) in [5.74, 6) is -0.741. The van der Waals surface area contributed by atoms with Crippen molar-refractivity contribution in [2.24, 2.45) is 0 Å². The molecule has 134 valence electrons. The molecule has 4 heteroatoms. The average molecular weight is 334 g/mol. The Labute approximate surface area is 145 Å². The fraction of sp³-hybridized carbons (Fsp3) is 0.450. The molecule has 0 aromatic heterocycles. The van der Waals surface area contributed by atoms with Crippen LogP contribution >= 0.6 is 0 Å². The number of hydrogen-bond acceptors (Lipinski definition) is 3. The standard InChI is InChI=1S/C20H30O4/c1-2-18(21)19(22)16-14-12-10-8-6-4-3-5-7-9-11-13-15-17-20(23)24/h3,5-6,8-12,14,16,18-19,21-22H,2,4,7,13,15,17H2,1H3,(H,23,24)/b5-3+,8-6+,11-9+,12-10+,16-14+. The van der Waals surface area contributed by atoms with Crippen LogP contribution in [0.25, 0.3) is 0 Å². The maximum Gasteiger partial charge on any atom is 0.303 e. The van der Waals surface area contributed by atoms with Crippen LogP contribution < -0.4 is 0 Å². The predicted molar refractivity (Wildman–Crippen MR) is 98.7 cm³/mol. The molecule has 0 heterocycles. The van der Waals surface area contributed by atoms with Crippen LogP contribution in [0.3, 0.4) is 0 Å². The maximum atomic E-state index is 10.3. The second-order valence-corrected chi connectivity index (χ2v) is 5.36. The molecular formula is C20H30O4. The van der Waals surface area contributed by atoms with Crippen LogP contribution in [0.15, 0.2) is 60.8 Å². The lowest BCUT2D eigenvalue weighted by molar-refractivity contribution is -0.137. The van der Waals surface area contributed by atoms with Crippen LogP contribution in [0.2, 0.25) is 0 Å². The lowest BCUT2D eigenvalue weighted by Gasteiger charge is -2.10. The second kappa shape index (κ2) is 16.0. The van der Waals surface area contributed by atoms with E-state index >= 15 is 0 Å². The van der Waals surface area contributed by atoms with E-state index in [0.717, 1.165) is 19.3 Å². The SMILES string of the molecule is CCC(O)C(O)/C=C/C=C/C=C/C/C=C/C/C=C/CCCC(=O)O. The molecule has 0 aliphatic rings. The fourth-order valence-electron chi connectivity index (χ4n) is 1.77. The lowest BCUT2D eigenvalue weighted by Crippen LogP contribution is -2.22. The first-order valence-corrected chi connectivity index (χ1v) is 8.45. The highest BCUT2D eigenvalue weighted by Crippen LogP contribution is 2.00. The van der Waals surface area contributed by atoms with Gasteiger partial charge in [-0.25, -0.2) is 0 Å². The minimum atomic E-state index is -0.816. The van der Waals surface area contributed by atoms with Crippen molar-refractivity contribution in [1.29, 1.82) is 0 Å². The number of carboxylic acid groups (broad SMARTS) is 1. The third-order valence-electron chi connectivity index (χ3n) is 3.23. The summed E-state index contributed by atoms with van der Waals surface area (Å²) in [7, 11) is 0. The molecule has 24 heavy (non-hydrogen) atoms. The van der Waals surface area contributed by atoms with Crippen molar-refractivity contribution in [1.82, 2.24) is 0 Å². The van der Waals surface area contributed by atoms with E-state index in [1.807, 2.05) is 43.4 Å². The third kappa shape index (κ3) is 15.0. The zero-order valence-corrected chi connectivity index (χ0v) is 14.4. The first-order chi connectivity index (χ1) is 11.6. The van der Waals surface area contributed by atoms with Crippen molar-refractivity contribution in [3.63, 3.8) is 0 Å². The third-order valence-corrected chi connectivity index (χ3v) is 3.23. The van der Waals surface area contributed by atoms with Gasteiger partial charge in [-0.2, -0.15) is 0 Å². The molecule has 0 saturated carbocycles. The highest BCUT2D eigenvalue weighted by Gasteiger charge is 2.08. The number of carboxylic acids is 1. The molecule has 0 saturated heterocycles. The first kappa shape index (κ1) is 22.1. The van der Waals surface area contributed by atoms with Crippen LogP contribution in [0.5, 0.6) is 0 Å². The van der Waals surface area contributed by atoms with Crippen molar-refractivity contribution in [3.8, 4) is 0 Å². The highest BCUT2D eigenvalue weighted by atomic mass is 16.4. The van der Waals surface area contributed by atoms with Gasteiger partial charge in [-0.3, -0.25) is 4.79 Å². The summed E-state index contributed by atoms with van der Waals surface area (Å²) in [5.41, 5.74) is 0. The van der Waals surface area contributed by atoms with E-state index in [-0.39, 0.29) is 6.42 Å². The Morgan fingerprint density at radius 1 is 0.917 bits per heavy atom. The number of unbranched alkanes of at least 4 members (excludes halogenated alkanes) is 1. The van der Waals surface area contributed by atoms with Gasteiger partial charge < -0.3 is 15.3 Å². The molecule has 2 atom stereocenters. The summed E-state index contributed by atoms with van der Waals surface area (Å²) in [5, 5.41) is 27.4. The van der Waals surface area contributed by atoms with Crippen LogP contribution in [0, 0.1) is 0 Å². The van der Waals surface area contributed by atoms with Crippen LogP contribution in [0.4, 0.5) is 0 Å². The molecule has 0 aromatic carbocycles. The van der Waals surface area contributed by atoms with Crippen LogP contribution in [-0.4, -0.2) is 33.5 Å². The van der Waals surface area contributed by atoms with Gasteiger partial charge in [-0.15, -0.1) is 0 Å². The minimum Gasteiger partial charge on any atom is -0.481 e. The van der Waals surface area contributed by atoms with Crippen molar-refractivity contribution in [3.05, 3.63) is 60.8 Å². The van der Waals surface area contributed by atoms with Gasteiger partial charge >= 0.3 is 5.97 Å². The monoisotopic (exact) mass is 334 g/mol. The summed E-state index contributed by atoms with van der Waals surface area (Å²) in [6.45, 7) is 1.82. The number of carbonyl (C=O) groups is 1. The van der Waals surface area contributed by atoms with Crippen molar-refractivity contribution < 1.29 is 20.1 Å². The van der Waals surface area contributed by atoms with E-state index < -0.39 is 18.2 Å². The van der Waals surface area contributed by atoms with Crippen molar-refractivity contribution >= 4 is 5.97 Å². The largest absolute Gasteiger partial charge is 0.481 e. The molecule has 0 fully saturated rings. The molecule has 0 aliphatic carbocycles. The fourth-order valence-corrected chi connectivity index (χ4v) is 1.77. The Morgan fingerprint density at radius 2 is 1.54 bits per heavy atom. The smallest absolute Gasteiger partial charge is 0.303 e. The van der Waals surface area contributed by atoms with Gasteiger partial charge in [0, 0.05) is 6.42 Å². The van der Waals surface area contributed by atoms with E-state index in [9.17, 15) is 15.0 Å². The Kier molecular flexibility index (Phi) is 14.7. The second-order valence-electron chi connectivity index (χ2n) is 5.36. The van der Waals surface area contributed by atoms with Gasteiger partial charge in [-0.05, 0) is 32.1 Å². The number of aliphatic hydroxyl groups excluding tert-OH is 2. The van der Waals surface area contributed by atoms with Gasteiger partial charge in [0.2, 0.25) is 0 Å². The number of allylic oxidation sites excluding steroid dienone is 9. The van der Waals surface area contributed by atoms with Gasteiger partial charge in [-0.1, -0.05) is 67.7 Å². The molecule has 0 aromatic rings. The number of rotatable bonds is 13. The molecule has 0 spiro atoms. The molecule has 0 radical (unpaired) electrons. The maximum absolute atomic E-state index is 10.3. The molecule has 0 amide bonds. The van der Waals surface area contributed by atoms with E-state index in [4.69, 9.17) is 5.11 Å². The molecule has 0 rings (SSSR count). The zero-order chi connectivity index (χ0) is 18.0.